The lowest BCUT2D eigenvalue weighted by Crippen LogP contribution is -2.07. The highest BCUT2D eigenvalue weighted by atomic mass is 79.9. The smallest absolute Gasteiger partial charge is 0.197 e. The summed E-state index contributed by atoms with van der Waals surface area (Å²) in [6.07, 6.45) is 0. The Balaban J connectivity index is 2.43. The van der Waals surface area contributed by atoms with E-state index in [9.17, 15) is 13.6 Å². The summed E-state index contributed by atoms with van der Waals surface area (Å²) in [5.41, 5.74) is 0.365. The van der Waals surface area contributed by atoms with Gasteiger partial charge >= 0.3 is 0 Å². The molecule has 0 saturated carbocycles. The Morgan fingerprint density at radius 3 is 2.48 bits per heavy atom. The molecule has 0 unspecified atom stereocenters. The van der Waals surface area contributed by atoms with Crippen LogP contribution in [0.5, 0.6) is 5.75 Å². The predicted octanol–water partition coefficient (Wildman–Crippen LogP) is 4.67. The van der Waals surface area contributed by atoms with Crippen LogP contribution in [0.2, 0.25) is 0 Å². The van der Waals surface area contributed by atoms with Gasteiger partial charge in [-0.2, -0.15) is 0 Å². The molecule has 0 bridgehead atoms. The zero-order valence-electron chi connectivity index (χ0n) is 11.5. The zero-order valence-corrected chi connectivity index (χ0v) is 13.1. The lowest BCUT2D eigenvalue weighted by molar-refractivity contribution is 0.103. The van der Waals surface area contributed by atoms with Crippen molar-refractivity contribution >= 4 is 21.7 Å². The predicted molar refractivity (Wildman–Crippen MR) is 79.8 cm³/mol. The van der Waals surface area contributed by atoms with Crippen molar-refractivity contribution in [2.45, 2.75) is 13.8 Å². The Hall–Kier alpha value is -1.75. The standard InChI is InChI=1S/C16H13BrF2O2/c1-3-21-10-4-5-11(13(17)7-10)16(20)12-6-9(2)14(18)8-15(12)19/h4-8H,3H2,1-2H3. The summed E-state index contributed by atoms with van der Waals surface area (Å²) in [5, 5.41) is 0. The van der Waals surface area contributed by atoms with Gasteiger partial charge in [0.15, 0.2) is 5.78 Å². The van der Waals surface area contributed by atoms with Crippen LogP contribution >= 0.6 is 15.9 Å². The first kappa shape index (κ1) is 15.6. The van der Waals surface area contributed by atoms with Crippen LogP contribution in [0.1, 0.15) is 28.4 Å². The molecule has 0 N–H and O–H groups in total. The Kier molecular flexibility index (Phi) is 4.73. The number of ether oxygens (including phenoxy) is 1. The average Bonchev–Trinajstić information content (AvgIpc) is 2.43. The number of rotatable bonds is 4. The van der Waals surface area contributed by atoms with E-state index in [1.807, 2.05) is 6.92 Å². The molecule has 2 rings (SSSR count). The van der Waals surface area contributed by atoms with Gasteiger partial charge in [-0.1, -0.05) is 0 Å². The lowest BCUT2D eigenvalue weighted by Gasteiger charge is -2.09. The van der Waals surface area contributed by atoms with Crippen molar-refractivity contribution in [2.24, 2.45) is 0 Å². The summed E-state index contributed by atoms with van der Waals surface area (Å²) in [6, 6.07) is 6.78. The van der Waals surface area contributed by atoms with Crippen molar-refractivity contribution < 1.29 is 18.3 Å². The highest BCUT2D eigenvalue weighted by molar-refractivity contribution is 9.10. The molecule has 0 aliphatic heterocycles. The number of hydrogen-bond donors (Lipinski definition) is 0. The van der Waals surface area contributed by atoms with E-state index in [4.69, 9.17) is 4.74 Å². The molecule has 0 aliphatic carbocycles. The molecule has 0 radical (unpaired) electrons. The number of carbonyl (C=O) groups excluding carboxylic acids is 1. The second kappa shape index (κ2) is 6.35. The van der Waals surface area contributed by atoms with Crippen LogP contribution in [0.3, 0.4) is 0 Å². The molecule has 0 amide bonds. The van der Waals surface area contributed by atoms with E-state index in [-0.39, 0.29) is 11.1 Å². The van der Waals surface area contributed by atoms with Gasteiger partial charge in [-0.3, -0.25) is 4.79 Å². The number of hydrogen-bond acceptors (Lipinski definition) is 2. The summed E-state index contributed by atoms with van der Waals surface area (Å²) in [4.78, 5) is 12.4. The largest absolute Gasteiger partial charge is 0.494 e. The molecule has 0 spiro atoms. The van der Waals surface area contributed by atoms with Gasteiger partial charge in [-0.15, -0.1) is 0 Å². The monoisotopic (exact) mass is 354 g/mol. The van der Waals surface area contributed by atoms with Crippen LogP contribution in [0.15, 0.2) is 34.8 Å². The molecule has 0 heterocycles. The number of aryl methyl sites for hydroxylation is 1. The molecule has 0 saturated heterocycles. The second-order valence-electron chi connectivity index (χ2n) is 4.49. The summed E-state index contributed by atoms with van der Waals surface area (Å²) in [5.74, 6) is -1.44. The Morgan fingerprint density at radius 2 is 1.86 bits per heavy atom. The van der Waals surface area contributed by atoms with Crippen molar-refractivity contribution in [1.82, 2.24) is 0 Å². The Labute approximate surface area is 129 Å². The van der Waals surface area contributed by atoms with Gasteiger partial charge in [0.2, 0.25) is 0 Å². The normalized spacial score (nSPS) is 10.5. The molecule has 2 aromatic rings. The quantitative estimate of drug-likeness (QED) is 0.746. The fourth-order valence-electron chi connectivity index (χ4n) is 1.91. The van der Waals surface area contributed by atoms with E-state index in [1.54, 1.807) is 18.2 Å². The van der Waals surface area contributed by atoms with Crippen molar-refractivity contribution in [3.05, 3.63) is 63.1 Å². The van der Waals surface area contributed by atoms with E-state index in [0.717, 1.165) is 6.07 Å². The molecule has 0 fully saturated rings. The molecule has 2 nitrogen and oxygen atoms in total. The minimum atomic E-state index is -0.871. The van der Waals surface area contributed by atoms with Gasteiger partial charge in [0.1, 0.15) is 17.4 Å². The van der Waals surface area contributed by atoms with Crippen molar-refractivity contribution in [3.8, 4) is 5.75 Å². The molecular formula is C16H13BrF2O2. The van der Waals surface area contributed by atoms with Gasteiger partial charge in [0, 0.05) is 16.1 Å². The topological polar surface area (TPSA) is 26.3 Å². The fraction of sp³-hybridized carbons (Fsp3) is 0.188. The van der Waals surface area contributed by atoms with Gasteiger partial charge in [0.05, 0.1) is 12.2 Å². The third-order valence-corrected chi connectivity index (χ3v) is 3.65. The number of benzene rings is 2. The maximum atomic E-state index is 13.8. The van der Waals surface area contributed by atoms with Crippen LogP contribution in [0, 0.1) is 18.6 Å². The number of halogens is 3. The second-order valence-corrected chi connectivity index (χ2v) is 5.34. The number of carbonyl (C=O) groups is 1. The summed E-state index contributed by atoms with van der Waals surface area (Å²) < 4.78 is 32.9. The van der Waals surface area contributed by atoms with Crippen LogP contribution in [-0.4, -0.2) is 12.4 Å². The van der Waals surface area contributed by atoms with Crippen LogP contribution in [-0.2, 0) is 0 Å². The summed E-state index contributed by atoms with van der Waals surface area (Å²) >= 11 is 3.28. The molecule has 5 heteroatoms. The van der Waals surface area contributed by atoms with Crippen LogP contribution < -0.4 is 4.74 Å². The fourth-order valence-corrected chi connectivity index (χ4v) is 2.45. The van der Waals surface area contributed by atoms with Gasteiger partial charge in [-0.05, 0) is 59.6 Å². The molecule has 0 aliphatic rings. The maximum absolute atomic E-state index is 13.8. The average molecular weight is 355 g/mol. The minimum Gasteiger partial charge on any atom is -0.494 e. The van der Waals surface area contributed by atoms with Gasteiger partial charge < -0.3 is 4.74 Å². The van der Waals surface area contributed by atoms with Crippen molar-refractivity contribution in [3.63, 3.8) is 0 Å². The first-order chi connectivity index (χ1) is 9.93. The number of ketones is 1. The third-order valence-electron chi connectivity index (χ3n) is 2.99. The highest BCUT2D eigenvalue weighted by Crippen LogP contribution is 2.26. The van der Waals surface area contributed by atoms with Crippen LogP contribution in [0.25, 0.3) is 0 Å². The molecule has 2 aromatic carbocycles. The molecule has 21 heavy (non-hydrogen) atoms. The van der Waals surface area contributed by atoms with E-state index in [1.165, 1.54) is 13.0 Å². The summed E-state index contributed by atoms with van der Waals surface area (Å²) in [7, 11) is 0. The molecule has 0 aromatic heterocycles. The molecular weight excluding hydrogens is 342 g/mol. The molecule has 110 valence electrons. The van der Waals surface area contributed by atoms with Crippen molar-refractivity contribution in [1.29, 1.82) is 0 Å². The maximum Gasteiger partial charge on any atom is 0.197 e. The Morgan fingerprint density at radius 1 is 1.14 bits per heavy atom. The lowest BCUT2D eigenvalue weighted by atomic mass is 10.0. The highest BCUT2D eigenvalue weighted by Gasteiger charge is 2.18. The van der Waals surface area contributed by atoms with E-state index in [0.29, 0.717) is 22.4 Å². The van der Waals surface area contributed by atoms with Gasteiger partial charge in [-0.25, -0.2) is 8.78 Å². The van der Waals surface area contributed by atoms with E-state index in [2.05, 4.69) is 15.9 Å². The Bertz CT molecular complexity index is 699. The minimum absolute atomic E-state index is 0.154. The van der Waals surface area contributed by atoms with E-state index >= 15 is 0 Å². The van der Waals surface area contributed by atoms with E-state index < -0.39 is 17.4 Å². The first-order valence-electron chi connectivity index (χ1n) is 6.36. The van der Waals surface area contributed by atoms with Gasteiger partial charge in [0.25, 0.3) is 0 Å². The SMILES string of the molecule is CCOc1ccc(C(=O)c2cc(C)c(F)cc2F)c(Br)c1. The third kappa shape index (κ3) is 3.29. The zero-order chi connectivity index (χ0) is 15.6. The first-order valence-corrected chi connectivity index (χ1v) is 7.16. The summed E-state index contributed by atoms with van der Waals surface area (Å²) in [6.45, 7) is 3.84. The van der Waals surface area contributed by atoms with Crippen LogP contribution in [0.4, 0.5) is 8.78 Å². The molecule has 0 atom stereocenters. The van der Waals surface area contributed by atoms with Crippen molar-refractivity contribution in [2.75, 3.05) is 6.61 Å².